The molecule has 4 N–H and O–H groups in total. The first kappa shape index (κ1) is 23.0. The van der Waals surface area contributed by atoms with Crippen LogP contribution in [0.15, 0.2) is 42.6 Å². The molecule has 4 rings (SSSR count). The fraction of sp³-hybridized carbons (Fsp3) is 0.261. The lowest BCUT2D eigenvalue weighted by Crippen LogP contribution is -2.41. The minimum Gasteiger partial charge on any atom is -0.496 e. The number of thiocarbonyl (C=S) groups is 1. The van der Waals surface area contributed by atoms with Crippen LogP contribution in [0.2, 0.25) is 5.02 Å². The number of ether oxygens (including phenoxy) is 3. The van der Waals surface area contributed by atoms with E-state index >= 15 is 0 Å². The highest BCUT2D eigenvalue weighted by Gasteiger charge is 2.16. The number of fused-ring (bicyclic) bond motifs is 1. The van der Waals surface area contributed by atoms with Gasteiger partial charge in [-0.15, -0.1) is 0 Å². The maximum Gasteiger partial charge on any atom is 0.252 e. The molecule has 0 unspecified atom stereocenters. The number of hydrogen-bond donors (Lipinski definition) is 3. The van der Waals surface area contributed by atoms with Crippen molar-refractivity contribution in [2.75, 3.05) is 25.6 Å². The van der Waals surface area contributed by atoms with Crippen molar-refractivity contribution in [2.24, 2.45) is 5.73 Å². The Balaban J connectivity index is 1.52. The van der Waals surface area contributed by atoms with Crippen LogP contribution in [0.4, 0.5) is 5.69 Å². The predicted octanol–water partition coefficient (Wildman–Crippen LogP) is 4.25. The number of nitrogens with two attached hydrogens (primary N) is 1. The number of aromatic nitrogens is 1. The summed E-state index contributed by atoms with van der Waals surface area (Å²) in [5, 5.41) is 7.98. The maximum absolute atomic E-state index is 11.8. The van der Waals surface area contributed by atoms with Gasteiger partial charge in [0, 0.05) is 43.0 Å². The molecule has 10 heteroatoms. The molecule has 1 saturated heterocycles. The molecular formula is C23H23ClN4O4S. The number of methoxy groups -OCH3 is 1. The van der Waals surface area contributed by atoms with Gasteiger partial charge in [0.25, 0.3) is 5.91 Å². The van der Waals surface area contributed by atoms with Gasteiger partial charge in [-0.2, -0.15) is 0 Å². The van der Waals surface area contributed by atoms with E-state index in [0.29, 0.717) is 44.0 Å². The van der Waals surface area contributed by atoms with Gasteiger partial charge in [0.1, 0.15) is 17.2 Å². The van der Waals surface area contributed by atoms with Crippen LogP contribution in [-0.4, -0.2) is 42.4 Å². The number of primary amides is 1. The van der Waals surface area contributed by atoms with Crippen LogP contribution in [0.1, 0.15) is 23.2 Å². The van der Waals surface area contributed by atoms with Crippen LogP contribution in [0.25, 0.3) is 10.9 Å². The summed E-state index contributed by atoms with van der Waals surface area (Å²) in [5.74, 6) is 0.757. The molecule has 3 aromatic rings. The maximum atomic E-state index is 11.8. The third kappa shape index (κ3) is 5.44. The number of nitrogens with one attached hydrogen (secondary N) is 2. The zero-order valence-electron chi connectivity index (χ0n) is 17.9. The number of anilines is 1. The zero-order chi connectivity index (χ0) is 23.4. The van der Waals surface area contributed by atoms with E-state index in [1.807, 2.05) is 0 Å². The fourth-order valence-corrected chi connectivity index (χ4v) is 4.07. The number of benzene rings is 2. The number of rotatable bonds is 6. The summed E-state index contributed by atoms with van der Waals surface area (Å²) < 4.78 is 16.7. The van der Waals surface area contributed by atoms with Crippen molar-refractivity contribution in [3.8, 4) is 17.2 Å². The van der Waals surface area contributed by atoms with E-state index in [2.05, 4.69) is 15.6 Å². The molecule has 33 heavy (non-hydrogen) atoms. The molecule has 1 amide bonds. The quantitative estimate of drug-likeness (QED) is 0.444. The van der Waals surface area contributed by atoms with Crippen molar-refractivity contribution in [3.05, 3.63) is 53.2 Å². The Labute approximate surface area is 201 Å². The first-order valence-corrected chi connectivity index (χ1v) is 11.1. The minimum absolute atomic E-state index is 0.242. The Morgan fingerprint density at radius 1 is 1.21 bits per heavy atom. The molecule has 2 aromatic carbocycles. The van der Waals surface area contributed by atoms with Gasteiger partial charge in [-0.1, -0.05) is 11.6 Å². The summed E-state index contributed by atoms with van der Waals surface area (Å²) in [5.41, 5.74) is 7.00. The van der Waals surface area contributed by atoms with Crippen LogP contribution in [0.3, 0.4) is 0 Å². The van der Waals surface area contributed by atoms with Crippen LogP contribution in [0.5, 0.6) is 17.2 Å². The Kier molecular flexibility index (Phi) is 7.12. The van der Waals surface area contributed by atoms with Gasteiger partial charge in [0.2, 0.25) is 0 Å². The van der Waals surface area contributed by atoms with Gasteiger partial charge >= 0.3 is 0 Å². The van der Waals surface area contributed by atoms with Gasteiger partial charge < -0.3 is 30.6 Å². The van der Waals surface area contributed by atoms with Crippen LogP contribution in [-0.2, 0) is 4.74 Å². The second kappa shape index (κ2) is 10.2. The first-order chi connectivity index (χ1) is 15.9. The Morgan fingerprint density at radius 3 is 2.70 bits per heavy atom. The number of carbonyl (C=O) groups excluding carboxylic acids is 1. The molecule has 0 bridgehead atoms. The van der Waals surface area contributed by atoms with Gasteiger partial charge in [-0.05, 0) is 49.3 Å². The third-order valence-corrected chi connectivity index (χ3v) is 5.79. The molecule has 1 aliphatic rings. The number of hydrogen-bond acceptors (Lipinski definition) is 6. The normalized spacial score (nSPS) is 14.0. The Hall–Kier alpha value is -3.14. The van der Waals surface area contributed by atoms with Crippen molar-refractivity contribution in [1.29, 1.82) is 0 Å². The predicted molar refractivity (Wildman–Crippen MR) is 132 cm³/mol. The summed E-state index contributed by atoms with van der Waals surface area (Å²) in [4.78, 5) is 16.2. The number of pyridine rings is 1. The van der Waals surface area contributed by atoms with Gasteiger partial charge in [0.05, 0.1) is 28.9 Å². The summed E-state index contributed by atoms with van der Waals surface area (Å²) in [7, 11) is 1.47. The highest BCUT2D eigenvalue weighted by Crippen LogP contribution is 2.35. The van der Waals surface area contributed by atoms with Crippen molar-refractivity contribution in [2.45, 2.75) is 18.9 Å². The molecule has 0 radical (unpaired) electrons. The Morgan fingerprint density at radius 2 is 2.00 bits per heavy atom. The smallest absolute Gasteiger partial charge is 0.252 e. The molecule has 0 saturated carbocycles. The summed E-state index contributed by atoms with van der Waals surface area (Å²) in [6, 6.07) is 10.5. The molecule has 2 heterocycles. The average Bonchev–Trinajstić information content (AvgIpc) is 2.80. The van der Waals surface area contributed by atoms with E-state index in [9.17, 15) is 4.79 Å². The van der Waals surface area contributed by atoms with Gasteiger partial charge in [-0.3, -0.25) is 9.78 Å². The molecule has 1 aromatic heterocycles. The topological polar surface area (TPSA) is 108 Å². The highest BCUT2D eigenvalue weighted by atomic mass is 35.5. The third-order valence-electron chi connectivity index (χ3n) is 5.26. The summed E-state index contributed by atoms with van der Waals surface area (Å²) in [6.45, 7) is 1.45. The van der Waals surface area contributed by atoms with E-state index in [1.165, 1.54) is 7.11 Å². The molecule has 1 fully saturated rings. The van der Waals surface area contributed by atoms with E-state index in [1.54, 1.807) is 42.6 Å². The SMILES string of the molecule is COc1cc2nccc(Oc3ccc(NC(=S)NC4CCOCC4)c(Cl)c3)c2cc1C(N)=O. The van der Waals surface area contributed by atoms with Gasteiger partial charge in [0.15, 0.2) is 5.11 Å². The van der Waals surface area contributed by atoms with E-state index in [-0.39, 0.29) is 11.6 Å². The summed E-state index contributed by atoms with van der Waals surface area (Å²) >= 11 is 11.9. The Bertz CT molecular complexity index is 1200. The molecular weight excluding hydrogens is 464 g/mol. The van der Waals surface area contributed by atoms with E-state index < -0.39 is 5.91 Å². The highest BCUT2D eigenvalue weighted by molar-refractivity contribution is 7.80. The second-order valence-electron chi connectivity index (χ2n) is 7.47. The monoisotopic (exact) mass is 486 g/mol. The standard InChI is InChI=1S/C23H23ClN4O4S/c1-30-21-12-19-15(11-16(21)22(25)29)20(4-7-26-19)32-14-2-3-18(17(24)10-14)28-23(33)27-13-5-8-31-9-6-13/h2-4,7,10-13H,5-6,8-9H2,1H3,(H2,25,29)(H2,27,28,33). The number of halogens is 1. The van der Waals surface area contributed by atoms with E-state index in [0.717, 1.165) is 26.1 Å². The minimum atomic E-state index is -0.604. The number of nitrogens with zero attached hydrogens (tertiary/aromatic N) is 1. The lowest BCUT2D eigenvalue weighted by molar-refractivity contribution is 0.0826. The van der Waals surface area contributed by atoms with Crippen molar-refractivity contribution in [3.63, 3.8) is 0 Å². The lowest BCUT2D eigenvalue weighted by Gasteiger charge is -2.24. The second-order valence-corrected chi connectivity index (χ2v) is 8.29. The van der Waals surface area contributed by atoms with Crippen molar-refractivity contribution >= 4 is 51.4 Å². The fourth-order valence-electron chi connectivity index (χ4n) is 3.57. The summed E-state index contributed by atoms with van der Waals surface area (Å²) in [6.07, 6.45) is 3.43. The molecule has 172 valence electrons. The van der Waals surface area contributed by atoms with Crippen LogP contribution < -0.4 is 25.8 Å². The van der Waals surface area contributed by atoms with Crippen molar-refractivity contribution < 1.29 is 19.0 Å². The molecule has 0 aliphatic carbocycles. The molecule has 0 atom stereocenters. The largest absolute Gasteiger partial charge is 0.496 e. The van der Waals surface area contributed by atoms with Crippen molar-refractivity contribution in [1.82, 2.24) is 10.3 Å². The molecule has 0 spiro atoms. The average molecular weight is 487 g/mol. The van der Waals surface area contributed by atoms with E-state index in [4.69, 9.17) is 43.8 Å². The number of carbonyl (C=O) groups is 1. The first-order valence-electron chi connectivity index (χ1n) is 10.3. The van der Waals surface area contributed by atoms with Crippen LogP contribution >= 0.6 is 23.8 Å². The number of amides is 1. The zero-order valence-corrected chi connectivity index (χ0v) is 19.5. The molecule has 1 aliphatic heterocycles. The van der Waals surface area contributed by atoms with Crippen LogP contribution in [0, 0.1) is 0 Å². The molecule has 8 nitrogen and oxygen atoms in total. The lowest BCUT2D eigenvalue weighted by atomic mass is 10.1. The van der Waals surface area contributed by atoms with Gasteiger partial charge in [-0.25, -0.2) is 0 Å².